The summed E-state index contributed by atoms with van der Waals surface area (Å²) in [7, 11) is 0. The predicted molar refractivity (Wildman–Crippen MR) is 99.1 cm³/mol. The van der Waals surface area contributed by atoms with Crippen LogP contribution in [-0.2, 0) is 11.2 Å². The van der Waals surface area contributed by atoms with Crippen LogP contribution in [0, 0.1) is 0 Å². The number of anilines is 1. The fourth-order valence-corrected chi connectivity index (χ4v) is 2.50. The number of nitrogens with one attached hydrogen (secondary N) is 1. The Hall–Kier alpha value is -3.02. The molecule has 0 aliphatic rings. The molecule has 0 aliphatic carbocycles. The number of carbonyl (C=O) groups is 2. The summed E-state index contributed by atoms with van der Waals surface area (Å²) in [6.45, 7) is 3.78. The number of carbonyl (C=O) groups excluding carboxylic acids is 1. The molecular weight excluding hydrogens is 334 g/mol. The summed E-state index contributed by atoms with van der Waals surface area (Å²) in [5.41, 5.74) is 2.26. The Morgan fingerprint density at radius 2 is 1.81 bits per heavy atom. The van der Waals surface area contributed by atoms with Gasteiger partial charge in [-0.2, -0.15) is 0 Å². The smallest absolute Gasteiger partial charge is 0.341 e. The molecule has 0 unspecified atom stereocenters. The number of para-hydroxylation sites is 1. The third-order valence-corrected chi connectivity index (χ3v) is 3.64. The van der Waals surface area contributed by atoms with Gasteiger partial charge < -0.3 is 19.9 Å². The van der Waals surface area contributed by atoms with Gasteiger partial charge in [-0.3, -0.25) is 4.79 Å². The second kappa shape index (κ2) is 9.46. The van der Waals surface area contributed by atoms with Crippen LogP contribution in [0.4, 0.5) is 5.69 Å². The molecular formula is C20H23NO5. The molecule has 6 nitrogen and oxygen atoms in total. The van der Waals surface area contributed by atoms with Crippen molar-refractivity contribution >= 4 is 17.6 Å². The van der Waals surface area contributed by atoms with Crippen LogP contribution in [-0.4, -0.2) is 30.2 Å². The number of hydrogen-bond donors (Lipinski definition) is 2. The van der Waals surface area contributed by atoms with Crippen molar-refractivity contribution in [2.45, 2.75) is 26.7 Å². The van der Waals surface area contributed by atoms with E-state index >= 15 is 0 Å². The fraction of sp³-hybridized carbons (Fsp3) is 0.300. The normalized spacial score (nSPS) is 10.2. The van der Waals surface area contributed by atoms with Gasteiger partial charge in [0.1, 0.15) is 0 Å². The van der Waals surface area contributed by atoms with Crippen molar-refractivity contribution in [3.8, 4) is 11.5 Å². The van der Waals surface area contributed by atoms with Crippen LogP contribution in [0.15, 0.2) is 42.5 Å². The van der Waals surface area contributed by atoms with E-state index in [4.69, 9.17) is 14.6 Å². The largest absolute Gasteiger partial charge is 0.490 e. The first-order valence-corrected chi connectivity index (χ1v) is 8.55. The van der Waals surface area contributed by atoms with E-state index in [9.17, 15) is 9.59 Å². The lowest BCUT2D eigenvalue weighted by Gasteiger charge is -2.13. The van der Waals surface area contributed by atoms with Crippen LogP contribution in [0.5, 0.6) is 11.5 Å². The Morgan fingerprint density at radius 3 is 2.50 bits per heavy atom. The average molecular weight is 357 g/mol. The first kappa shape index (κ1) is 19.3. The fourth-order valence-electron chi connectivity index (χ4n) is 2.50. The molecule has 2 aromatic carbocycles. The minimum absolute atomic E-state index is 0.265. The number of rotatable bonds is 9. The lowest BCUT2D eigenvalue weighted by molar-refractivity contribution is -0.139. The third-order valence-electron chi connectivity index (χ3n) is 3.64. The highest BCUT2D eigenvalue weighted by Gasteiger charge is 2.14. The van der Waals surface area contributed by atoms with E-state index in [0.717, 1.165) is 24.1 Å². The van der Waals surface area contributed by atoms with Crippen LogP contribution >= 0.6 is 0 Å². The van der Waals surface area contributed by atoms with Crippen molar-refractivity contribution in [2.75, 3.05) is 18.5 Å². The van der Waals surface area contributed by atoms with Crippen LogP contribution in [0.25, 0.3) is 0 Å². The highest BCUT2D eigenvalue weighted by atomic mass is 16.5. The molecule has 138 valence electrons. The van der Waals surface area contributed by atoms with Gasteiger partial charge in [0, 0.05) is 11.3 Å². The highest BCUT2D eigenvalue weighted by Crippen LogP contribution is 2.29. The molecule has 2 aromatic rings. The summed E-state index contributed by atoms with van der Waals surface area (Å²) in [5.74, 6) is -0.721. The van der Waals surface area contributed by atoms with Crippen molar-refractivity contribution < 1.29 is 24.2 Å². The summed E-state index contributed by atoms with van der Waals surface area (Å²) >= 11 is 0. The predicted octanol–water partition coefficient (Wildman–Crippen LogP) is 3.75. The summed E-state index contributed by atoms with van der Waals surface area (Å²) in [6.07, 6.45) is 1.86. The van der Waals surface area contributed by atoms with Crippen LogP contribution in [0.2, 0.25) is 0 Å². The van der Waals surface area contributed by atoms with Gasteiger partial charge in [-0.1, -0.05) is 31.5 Å². The van der Waals surface area contributed by atoms with Gasteiger partial charge in [0.15, 0.2) is 18.1 Å². The van der Waals surface area contributed by atoms with E-state index in [1.165, 1.54) is 0 Å². The molecule has 0 atom stereocenters. The molecule has 0 saturated heterocycles. The van der Waals surface area contributed by atoms with Gasteiger partial charge in [-0.15, -0.1) is 0 Å². The molecule has 0 aromatic heterocycles. The zero-order chi connectivity index (χ0) is 18.9. The number of benzene rings is 2. The van der Waals surface area contributed by atoms with E-state index in [0.29, 0.717) is 17.9 Å². The lowest BCUT2D eigenvalue weighted by atomic mass is 10.1. The van der Waals surface area contributed by atoms with Crippen molar-refractivity contribution in [2.24, 2.45) is 0 Å². The molecule has 26 heavy (non-hydrogen) atoms. The molecule has 2 N–H and O–H groups in total. The van der Waals surface area contributed by atoms with Crippen LogP contribution < -0.4 is 14.8 Å². The SMILES string of the molecule is CCCc1ccccc1NC(=O)c1ccc(OCC(=O)O)c(OCC)c1. The number of ether oxygens (including phenoxy) is 2. The number of carboxylic acid groups (broad SMARTS) is 1. The number of aliphatic carboxylic acids is 1. The summed E-state index contributed by atoms with van der Waals surface area (Å²) in [5, 5.41) is 11.7. The highest BCUT2D eigenvalue weighted by molar-refractivity contribution is 6.05. The van der Waals surface area contributed by atoms with Crippen molar-refractivity contribution in [1.29, 1.82) is 0 Å². The van der Waals surface area contributed by atoms with E-state index < -0.39 is 12.6 Å². The van der Waals surface area contributed by atoms with Crippen molar-refractivity contribution in [3.63, 3.8) is 0 Å². The minimum atomic E-state index is -1.08. The summed E-state index contributed by atoms with van der Waals surface area (Å²) < 4.78 is 10.7. The van der Waals surface area contributed by atoms with Gasteiger partial charge in [-0.05, 0) is 43.2 Å². The van der Waals surface area contributed by atoms with Crippen LogP contribution in [0.3, 0.4) is 0 Å². The Morgan fingerprint density at radius 1 is 1.04 bits per heavy atom. The molecule has 0 radical (unpaired) electrons. The molecule has 0 saturated carbocycles. The molecule has 0 bridgehead atoms. The number of hydrogen-bond acceptors (Lipinski definition) is 4. The maximum atomic E-state index is 12.6. The van der Waals surface area contributed by atoms with Crippen molar-refractivity contribution in [1.82, 2.24) is 0 Å². The molecule has 6 heteroatoms. The Balaban J connectivity index is 2.20. The van der Waals surface area contributed by atoms with E-state index in [2.05, 4.69) is 12.2 Å². The van der Waals surface area contributed by atoms with Crippen molar-refractivity contribution in [3.05, 3.63) is 53.6 Å². The monoisotopic (exact) mass is 357 g/mol. The van der Waals surface area contributed by atoms with Crippen LogP contribution in [0.1, 0.15) is 36.2 Å². The zero-order valence-corrected chi connectivity index (χ0v) is 15.0. The van der Waals surface area contributed by atoms with E-state index in [-0.39, 0.29) is 11.7 Å². The number of amides is 1. The lowest BCUT2D eigenvalue weighted by Crippen LogP contribution is -2.14. The molecule has 0 heterocycles. The quantitative estimate of drug-likeness (QED) is 0.714. The average Bonchev–Trinajstić information content (AvgIpc) is 2.62. The van der Waals surface area contributed by atoms with Gasteiger partial charge in [-0.25, -0.2) is 4.79 Å². The van der Waals surface area contributed by atoms with Gasteiger partial charge in [0.25, 0.3) is 5.91 Å². The first-order valence-electron chi connectivity index (χ1n) is 8.55. The van der Waals surface area contributed by atoms with E-state index in [1.54, 1.807) is 25.1 Å². The maximum Gasteiger partial charge on any atom is 0.341 e. The third kappa shape index (κ3) is 5.24. The Labute approximate surface area is 152 Å². The van der Waals surface area contributed by atoms with Gasteiger partial charge >= 0.3 is 5.97 Å². The van der Waals surface area contributed by atoms with E-state index in [1.807, 2.05) is 24.3 Å². The Kier molecular flexibility index (Phi) is 7.02. The van der Waals surface area contributed by atoms with Gasteiger partial charge in [0.2, 0.25) is 0 Å². The zero-order valence-electron chi connectivity index (χ0n) is 15.0. The second-order valence-corrected chi connectivity index (χ2v) is 5.64. The molecule has 0 aliphatic heterocycles. The molecule has 0 fully saturated rings. The minimum Gasteiger partial charge on any atom is -0.490 e. The topological polar surface area (TPSA) is 84.9 Å². The first-order chi connectivity index (χ1) is 12.5. The van der Waals surface area contributed by atoms with Gasteiger partial charge in [0.05, 0.1) is 6.61 Å². The number of aryl methyl sites for hydroxylation is 1. The molecule has 2 rings (SSSR count). The standard InChI is InChI=1S/C20H23NO5/c1-3-7-14-8-5-6-9-16(14)21-20(24)15-10-11-17(26-13-19(22)23)18(12-15)25-4-2/h5-6,8-12H,3-4,7,13H2,1-2H3,(H,21,24)(H,22,23). The second-order valence-electron chi connectivity index (χ2n) is 5.64. The molecule has 1 amide bonds. The summed E-state index contributed by atoms with van der Waals surface area (Å²) in [4.78, 5) is 23.3. The Bertz CT molecular complexity index is 773. The summed E-state index contributed by atoms with van der Waals surface area (Å²) in [6, 6.07) is 12.4. The molecule has 0 spiro atoms. The number of carboxylic acids is 1. The maximum absolute atomic E-state index is 12.6.